The predicted molar refractivity (Wildman–Crippen MR) is 45.9 cm³/mol. The summed E-state index contributed by atoms with van der Waals surface area (Å²) in [6.07, 6.45) is 13.4. The summed E-state index contributed by atoms with van der Waals surface area (Å²) in [6, 6.07) is 0. The molecule has 0 amide bonds. The van der Waals surface area contributed by atoms with E-state index in [1.807, 2.05) is 0 Å². The molecule has 0 aromatic carbocycles. The smallest absolute Gasteiger partial charge is 0.00562 e. The van der Waals surface area contributed by atoms with Crippen LogP contribution in [0.2, 0.25) is 0 Å². The van der Waals surface area contributed by atoms with Gasteiger partial charge in [-0.3, -0.25) is 0 Å². The number of rotatable bonds is 1. The van der Waals surface area contributed by atoms with E-state index in [1.165, 1.54) is 32.1 Å². The molecule has 0 radical (unpaired) electrons. The van der Waals surface area contributed by atoms with Gasteiger partial charge in [0.2, 0.25) is 0 Å². The molecule has 0 aromatic heterocycles. The van der Waals surface area contributed by atoms with Gasteiger partial charge in [-0.2, -0.15) is 0 Å². The maximum absolute atomic E-state index is 3.81. The van der Waals surface area contributed by atoms with E-state index in [4.69, 9.17) is 0 Å². The third-order valence-corrected chi connectivity index (χ3v) is 2.09. The summed E-state index contributed by atoms with van der Waals surface area (Å²) in [7, 11) is 0. The van der Waals surface area contributed by atoms with Crippen molar-refractivity contribution in [3.05, 3.63) is 24.8 Å². The molecule has 0 bridgehead atoms. The minimum Gasteiger partial charge on any atom is -0.102 e. The lowest BCUT2D eigenvalue weighted by molar-refractivity contribution is 0.583. The largest absolute Gasteiger partial charge is 0.102 e. The molecule has 0 saturated carbocycles. The van der Waals surface area contributed by atoms with Crippen molar-refractivity contribution < 1.29 is 0 Å². The van der Waals surface area contributed by atoms with E-state index >= 15 is 0 Å². The van der Waals surface area contributed by atoms with Crippen LogP contribution in [0.5, 0.6) is 0 Å². The van der Waals surface area contributed by atoms with Crippen molar-refractivity contribution in [3.63, 3.8) is 0 Å². The first kappa shape index (κ1) is 7.59. The highest BCUT2D eigenvalue weighted by molar-refractivity contribution is 4.97. The van der Waals surface area contributed by atoms with Crippen LogP contribution in [-0.2, 0) is 0 Å². The highest BCUT2D eigenvalue weighted by atomic mass is 14.1. The molecule has 1 aliphatic carbocycles. The Labute approximate surface area is 63.6 Å². The molecule has 0 N–H and O–H groups in total. The Bertz CT molecular complexity index is 122. The number of hydrogen-bond donors (Lipinski definition) is 0. The highest BCUT2D eigenvalue weighted by Crippen LogP contribution is 2.16. The fourth-order valence-corrected chi connectivity index (χ4v) is 1.38. The van der Waals surface area contributed by atoms with E-state index in [9.17, 15) is 0 Å². The fourth-order valence-electron chi connectivity index (χ4n) is 1.38. The third kappa shape index (κ3) is 2.38. The second kappa shape index (κ2) is 4.32. The zero-order valence-electron chi connectivity index (χ0n) is 6.55. The molecule has 0 fully saturated rings. The molecule has 1 unspecified atom stereocenters. The first-order chi connectivity index (χ1) is 4.93. The lowest BCUT2D eigenvalue weighted by Crippen LogP contribution is -1.93. The van der Waals surface area contributed by atoms with Crippen LogP contribution in [0.15, 0.2) is 24.8 Å². The van der Waals surface area contributed by atoms with Gasteiger partial charge >= 0.3 is 0 Å². The molecule has 0 heterocycles. The van der Waals surface area contributed by atoms with Gasteiger partial charge in [0.05, 0.1) is 0 Å². The van der Waals surface area contributed by atoms with Gasteiger partial charge in [0.25, 0.3) is 0 Å². The lowest BCUT2D eigenvalue weighted by atomic mass is 9.97. The first-order valence-corrected chi connectivity index (χ1v) is 4.22. The van der Waals surface area contributed by atoms with Gasteiger partial charge in [0.1, 0.15) is 0 Å². The SMILES string of the molecule is C=CC1/C=C\CCCCC1. The molecule has 1 atom stereocenters. The van der Waals surface area contributed by atoms with Crippen molar-refractivity contribution in [1.29, 1.82) is 0 Å². The Hall–Kier alpha value is -0.520. The van der Waals surface area contributed by atoms with E-state index in [-0.39, 0.29) is 0 Å². The van der Waals surface area contributed by atoms with Crippen LogP contribution in [0.1, 0.15) is 32.1 Å². The summed E-state index contributed by atoms with van der Waals surface area (Å²) in [6.45, 7) is 3.81. The van der Waals surface area contributed by atoms with Crippen molar-refractivity contribution in [2.24, 2.45) is 5.92 Å². The summed E-state index contributed by atoms with van der Waals surface area (Å²) in [5, 5.41) is 0. The minimum atomic E-state index is 0.653. The first-order valence-electron chi connectivity index (χ1n) is 4.22. The Balaban J connectivity index is 2.40. The zero-order chi connectivity index (χ0) is 7.23. The van der Waals surface area contributed by atoms with Gasteiger partial charge in [0, 0.05) is 0 Å². The van der Waals surface area contributed by atoms with Crippen LogP contribution < -0.4 is 0 Å². The number of allylic oxidation sites excluding steroid dienone is 3. The van der Waals surface area contributed by atoms with Gasteiger partial charge in [-0.1, -0.05) is 31.1 Å². The van der Waals surface area contributed by atoms with Gasteiger partial charge in [-0.15, -0.1) is 6.58 Å². The highest BCUT2D eigenvalue weighted by Gasteiger charge is 2.00. The quantitative estimate of drug-likeness (QED) is 0.485. The predicted octanol–water partition coefficient (Wildman–Crippen LogP) is 3.31. The van der Waals surface area contributed by atoms with Crippen LogP contribution >= 0.6 is 0 Å². The van der Waals surface area contributed by atoms with E-state index in [0.29, 0.717) is 5.92 Å². The molecule has 10 heavy (non-hydrogen) atoms. The monoisotopic (exact) mass is 136 g/mol. The zero-order valence-corrected chi connectivity index (χ0v) is 6.55. The summed E-state index contributed by atoms with van der Waals surface area (Å²) in [4.78, 5) is 0. The molecule has 56 valence electrons. The second-order valence-electron chi connectivity index (χ2n) is 2.97. The summed E-state index contributed by atoms with van der Waals surface area (Å²) in [5.74, 6) is 0.653. The molecule has 0 aliphatic heterocycles. The molecule has 0 aromatic rings. The van der Waals surface area contributed by atoms with Crippen LogP contribution in [0.3, 0.4) is 0 Å². The fraction of sp³-hybridized carbons (Fsp3) is 0.600. The van der Waals surface area contributed by atoms with Crippen LogP contribution in [-0.4, -0.2) is 0 Å². The van der Waals surface area contributed by atoms with Crippen molar-refractivity contribution in [2.45, 2.75) is 32.1 Å². The Morgan fingerprint density at radius 2 is 2.20 bits per heavy atom. The van der Waals surface area contributed by atoms with Crippen molar-refractivity contribution in [3.8, 4) is 0 Å². The summed E-state index contributed by atoms with van der Waals surface area (Å²) < 4.78 is 0. The van der Waals surface area contributed by atoms with Crippen LogP contribution in [0.25, 0.3) is 0 Å². The normalized spacial score (nSPS) is 30.2. The lowest BCUT2D eigenvalue weighted by Gasteiger charge is -2.09. The molecule has 1 rings (SSSR count). The summed E-state index contributed by atoms with van der Waals surface area (Å²) >= 11 is 0. The van der Waals surface area contributed by atoms with E-state index in [0.717, 1.165) is 0 Å². The van der Waals surface area contributed by atoms with Gasteiger partial charge in [-0.05, 0) is 25.2 Å². The second-order valence-corrected chi connectivity index (χ2v) is 2.97. The average molecular weight is 136 g/mol. The van der Waals surface area contributed by atoms with Gasteiger partial charge in [-0.25, -0.2) is 0 Å². The number of hydrogen-bond acceptors (Lipinski definition) is 0. The van der Waals surface area contributed by atoms with Gasteiger partial charge in [0.15, 0.2) is 0 Å². The average Bonchev–Trinajstić information content (AvgIpc) is 1.87. The summed E-state index contributed by atoms with van der Waals surface area (Å²) in [5.41, 5.74) is 0. The Morgan fingerprint density at radius 1 is 1.30 bits per heavy atom. The molecule has 0 saturated heterocycles. The van der Waals surface area contributed by atoms with E-state index in [1.54, 1.807) is 0 Å². The van der Waals surface area contributed by atoms with Crippen molar-refractivity contribution >= 4 is 0 Å². The Kier molecular flexibility index (Phi) is 3.28. The molecular formula is C10H16. The molecule has 0 spiro atoms. The Morgan fingerprint density at radius 3 is 3.00 bits per heavy atom. The van der Waals surface area contributed by atoms with E-state index < -0.39 is 0 Å². The van der Waals surface area contributed by atoms with Crippen molar-refractivity contribution in [2.75, 3.05) is 0 Å². The molecule has 0 heteroatoms. The molecule has 0 nitrogen and oxygen atoms in total. The van der Waals surface area contributed by atoms with E-state index in [2.05, 4.69) is 24.8 Å². The third-order valence-electron chi connectivity index (χ3n) is 2.09. The topological polar surface area (TPSA) is 0 Å². The van der Waals surface area contributed by atoms with Crippen LogP contribution in [0, 0.1) is 5.92 Å². The van der Waals surface area contributed by atoms with Crippen LogP contribution in [0.4, 0.5) is 0 Å². The standard InChI is InChI=1S/C10H16/c1-2-10-8-6-4-3-5-7-9-10/h2,6,8,10H,1,3-5,7,9H2/b8-6-. The minimum absolute atomic E-state index is 0.653. The van der Waals surface area contributed by atoms with Crippen molar-refractivity contribution in [1.82, 2.24) is 0 Å². The van der Waals surface area contributed by atoms with Gasteiger partial charge < -0.3 is 0 Å². The maximum atomic E-state index is 3.81. The molecule has 1 aliphatic rings. The molecular weight excluding hydrogens is 120 g/mol. The maximum Gasteiger partial charge on any atom is -0.00562 e.